The number of aromatic nitrogens is 2. The minimum atomic E-state index is -0.303. The molecule has 0 aliphatic heterocycles. The summed E-state index contributed by atoms with van der Waals surface area (Å²) >= 11 is 6.29. The fourth-order valence-electron chi connectivity index (χ4n) is 4.24. The molecule has 3 rings (SSSR count). The first-order valence-corrected chi connectivity index (χ1v) is 12.5. The Morgan fingerprint density at radius 2 is 1.79 bits per heavy atom. The number of unbranched alkanes of at least 4 members (excludes halogenated alkanes) is 3. The zero-order valence-corrected chi connectivity index (χ0v) is 20.6. The van der Waals surface area contributed by atoms with Crippen LogP contribution in [-0.2, 0) is 4.79 Å². The third kappa shape index (κ3) is 5.83. The highest BCUT2D eigenvalue weighted by Crippen LogP contribution is 2.28. The molecule has 3 aromatic rings. The molecule has 2 aromatic carbocycles. The number of hydrogen-bond donors (Lipinski definition) is 0. The minimum absolute atomic E-state index is 0.125. The number of rotatable bonds is 11. The SMILES string of the molecule is CCCCCN(C(=O)CCCC)C(CC)c1nc2ccccc2c(=O)n1-c1cccc(Cl)c1. The van der Waals surface area contributed by atoms with Crippen molar-refractivity contribution in [3.05, 3.63) is 69.7 Å². The summed E-state index contributed by atoms with van der Waals surface area (Å²) in [5.74, 6) is 0.713. The Bertz CT molecular complexity index is 1140. The number of nitrogens with zero attached hydrogens (tertiary/aromatic N) is 3. The zero-order valence-electron chi connectivity index (χ0n) is 19.9. The van der Waals surface area contributed by atoms with Crippen molar-refractivity contribution >= 4 is 28.4 Å². The molecule has 1 atom stereocenters. The van der Waals surface area contributed by atoms with Gasteiger partial charge in [0.2, 0.25) is 5.91 Å². The fraction of sp³-hybridized carbons (Fsp3) is 0.444. The highest BCUT2D eigenvalue weighted by molar-refractivity contribution is 6.30. The summed E-state index contributed by atoms with van der Waals surface area (Å²) in [7, 11) is 0. The Labute approximate surface area is 201 Å². The highest BCUT2D eigenvalue weighted by atomic mass is 35.5. The van der Waals surface area contributed by atoms with E-state index in [1.807, 2.05) is 42.2 Å². The van der Waals surface area contributed by atoms with E-state index in [1.54, 1.807) is 22.8 Å². The van der Waals surface area contributed by atoms with Gasteiger partial charge in [-0.15, -0.1) is 0 Å². The van der Waals surface area contributed by atoms with Crippen molar-refractivity contribution in [1.82, 2.24) is 14.5 Å². The quantitative estimate of drug-likeness (QED) is 0.295. The molecule has 0 radical (unpaired) electrons. The third-order valence-corrected chi connectivity index (χ3v) is 6.23. The Kier molecular flexibility index (Phi) is 9.07. The Morgan fingerprint density at radius 3 is 2.48 bits per heavy atom. The molecule has 6 heteroatoms. The monoisotopic (exact) mass is 467 g/mol. The van der Waals surface area contributed by atoms with Crippen LogP contribution >= 0.6 is 11.6 Å². The maximum absolute atomic E-state index is 13.7. The maximum atomic E-state index is 13.7. The van der Waals surface area contributed by atoms with E-state index >= 15 is 0 Å². The highest BCUT2D eigenvalue weighted by Gasteiger charge is 2.28. The van der Waals surface area contributed by atoms with Gasteiger partial charge in [-0.25, -0.2) is 4.98 Å². The molecule has 0 saturated carbocycles. The van der Waals surface area contributed by atoms with E-state index in [1.165, 1.54) is 0 Å². The first kappa shape index (κ1) is 25.0. The molecule has 0 aliphatic rings. The molecule has 176 valence electrons. The van der Waals surface area contributed by atoms with Crippen molar-refractivity contribution in [2.75, 3.05) is 6.54 Å². The second kappa shape index (κ2) is 12.0. The normalized spacial score (nSPS) is 12.1. The molecule has 0 bridgehead atoms. The van der Waals surface area contributed by atoms with Crippen molar-refractivity contribution in [3.63, 3.8) is 0 Å². The summed E-state index contributed by atoms with van der Waals surface area (Å²) in [6, 6.07) is 14.3. The van der Waals surface area contributed by atoms with Gasteiger partial charge in [-0.1, -0.05) is 69.8 Å². The van der Waals surface area contributed by atoms with Gasteiger partial charge in [-0.05, 0) is 49.6 Å². The number of halogens is 1. The van der Waals surface area contributed by atoms with E-state index in [-0.39, 0.29) is 17.5 Å². The number of para-hydroxylation sites is 1. The molecule has 0 fully saturated rings. The first-order chi connectivity index (χ1) is 16.0. The lowest BCUT2D eigenvalue weighted by Crippen LogP contribution is -2.39. The number of benzene rings is 2. The van der Waals surface area contributed by atoms with Crippen LogP contribution in [0.25, 0.3) is 16.6 Å². The van der Waals surface area contributed by atoms with Crippen LogP contribution in [0.1, 0.15) is 77.6 Å². The summed E-state index contributed by atoms with van der Waals surface area (Å²) in [5, 5.41) is 1.09. The molecule has 33 heavy (non-hydrogen) atoms. The standard InChI is InChI=1S/C27H34ClN3O2/c1-4-7-11-18-30(25(32)17-8-5-2)24(6-3)26-29-23-16-10-9-15-22(23)27(33)31(26)21-14-12-13-20(28)19-21/h9-10,12-16,19,24H,4-8,11,17-18H2,1-3H3. The second-order valence-corrected chi connectivity index (χ2v) is 8.87. The lowest BCUT2D eigenvalue weighted by Gasteiger charge is -2.32. The van der Waals surface area contributed by atoms with E-state index in [9.17, 15) is 9.59 Å². The fourth-order valence-corrected chi connectivity index (χ4v) is 4.42. The summed E-state index contributed by atoms with van der Waals surface area (Å²) in [4.78, 5) is 33.9. The predicted molar refractivity (Wildman–Crippen MR) is 136 cm³/mol. The van der Waals surface area contributed by atoms with Crippen LogP contribution in [0.3, 0.4) is 0 Å². The van der Waals surface area contributed by atoms with Crippen LogP contribution < -0.4 is 5.56 Å². The van der Waals surface area contributed by atoms with Gasteiger partial charge in [0.1, 0.15) is 5.82 Å². The summed E-state index contributed by atoms with van der Waals surface area (Å²) in [5.41, 5.74) is 1.16. The smallest absolute Gasteiger partial charge is 0.266 e. The maximum Gasteiger partial charge on any atom is 0.266 e. The molecule has 1 amide bonds. The molecular weight excluding hydrogens is 434 g/mol. The van der Waals surface area contributed by atoms with Crippen molar-refractivity contribution in [3.8, 4) is 5.69 Å². The molecule has 1 aromatic heterocycles. The van der Waals surface area contributed by atoms with Gasteiger partial charge in [0.25, 0.3) is 5.56 Å². The number of fused-ring (bicyclic) bond motifs is 1. The molecule has 0 N–H and O–H groups in total. The molecular formula is C27H34ClN3O2. The Morgan fingerprint density at radius 1 is 1.03 bits per heavy atom. The number of hydrogen-bond acceptors (Lipinski definition) is 3. The molecule has 0 aliphatic carbocycles. The largest absolute Gasteiger partial charge is 0.333 e. The second-order valence-electron chi connectivity index (χ2n) is 8.43. The molecule has 1 heterocycles. The van der Waals surface area contributed by atoms with E-state index in [0.29, 0.717) is 46.8 Å². The van der Waals surface area contributed by atoms with Crippen LogP contribution in [-0.4, -0.2) is 26.9 Å². The van der Waals surface area contributed by atoms with E-state index in [2.05, 4.69) is 13.8 Å². The summed E-state index contributed by atoms with van der Waals surface area (Å²) in [6.07, 6.45) is 6.05. The third-order valence-electron chi connectivity index (χ3n) is 6.00. The molecule has 0 spiro atoms. The van der Waals surface area contributed by atoms with Gasteiger partial charge in [0.05, 0.1) is 22.6 Å². The van der Waals surface area contributed by atoms with E-state index < -0.39 is 0 Å². The van der Waals surface area contributed by atoms with E-state index in [4.69, 9.17) is 16.6 Å². The van der Waals surface area contributed by atoms with E-state index in [0.717, 1.165) is 32.1 Å². The van der Waals surface area contributed by atoms with Gasteiger partial charge in [0.15, 0.2) is 0 Å². The van der Waals surface area contributed by atoms with Gasteiger partial charge in [0, 0.05) is 18.0 Å². The zero-order chi connectivity index (χ0) is 23.8. The number of carbonyl (C=O) groups is 1. The topological polar surface area (TPSA) is 55.2 Å². The Balaban J connectivity index is 2.21. The number of carbonyl (C=O) groups excluding carboxylic acids is 1. The Hall–Kier alpha value is -2.66. The van der Waals surface area contributed by atoms with Crippen LogP contribution in [0.5, 0.6) is 0 Å². The van der Waals surface area contributed by atoms with Crippen molar-refractivity contribution < 1.29 is 4.79 Å². The van der Waals surface area contributed by atoms with Crippen molar-refractivity contribution in [2.24, 2.45) is 0 Å². The average molecular weight is 468 g/mol. The molecule has 0 saturated heterocycles. The molecule has 5 nitrogen and oxygen atoms in total. The lowest BCUT2D eigenvalue weighted by molar-refractivity contribution is -0.134. The van der Waals surface area contributed by atoms with Gasteiger partial charge < -0.3 is 4.90 Å². The van der Waals surface area contributed by atoms with Crippen LogP contribution in [0, 0.1) is 0 Å². The molecule has 1 unspecified atom stereocenters. The van der Waals surface area contributed by atoms with Crippen LogP contribution in [0.2, 0.25) is 5.02 Å². The summed E-state index contributed by atoms with van der Waals surface area (Å²) in [6.45, 7) is 6.96. The van der Waals surface area contributed by atoms with Gasteiger partial charge >= 0.3 is 0 Å². The minimum Gasteiger partial charge on any atom is -0.333 e. The van der Waals surface area contributed by atoms with Crippen LogP contribution in [0.4, 0.5) is 0 Å². The van der Waals surface area contributed by atoms with Crippen molar-refractivity contribution in [1.29, 1.82) is 0 Å². The summed E-state index contributed by atoms with van der Waals surface area (Å²) < 4.78 is 1.64. The van der Waals surface area contributed by atoms with Gasteiger partial charge in [-0.2, -0.15) is 0 Å². The average Bonchev–Trinajstić information content (AvgIpc) is 2.82. The van der Waals surface area contributed by atoms with Crippen LogP contribution in [0.15, 0.2) is 53.3 Å². The first-order valence-electron chi connectivity index (χ1n) is 12.1. The predicted octanol–water partition coefficient (Wildman–Crippen LogP) is 6.70. The number of amides is 1. The lowest BCUT2D eigenvalue weighted by atomic mass is 10.1. The van der Waals surface area contributed by atoms with Crippen molar-refractivity contribution in [2.45, 2.75) is 71.8 Å². The van der Waals surface area contributed by atoms with Gasteiger partial charge in [-0.3, -0.25) is 14.2 Å².